The van der Waals surface area contributed by atoms with Gasteiger partial charge in [0.15, 0.2) is 0 Å². The van der Waals surface area contributed by atoms with Crippen LogP contribution < -0.4 is 5.73 Å². The van der Waals surface area contributed by atoms with Crippen molar-refractivity contribution in [2.45, 2.75) is 37.8 Å². The molecule has 0 aromatic heterocycles. The Morgan fingerprint density at radius 3 is 2.75 bits per heavy atom. The average Bonchev–Trinajstić information content (AvgIpc) is 2.94. The van der Waals surface area contributed by atoms with Gasteiger partial charge in [0.1, 0.15) is 11.9 Å². The number of carbonyl (C=O) groups is 1. The van der Waals surface area contributed by atoms with Gasteiger partial charge in [0, 0.05) is 12.5 Å². The molecule has 1 heterocycles. The molecule has 1 aliphatic heterocycles. The fraction of sp³-hybridized carbons (Fsp3) is 0.467. The fourth-order valence-corrected chi connectivity index (χ4v) is 2.54. The number of hydrogen-bond donors (Lipinski definition) is 1. The number of nitrogens with two attached hydrogens (primary N) is 1. The third-order valence-corrected chi connectivity index (χ3v) is 3.90. The maximum atomic E-state index is 12.9. The van der Waals surface area contributed by atoms with Crippen LogP contribution >= 0.6 is 0 Å². The highest BCUT2D eigenvalue weighted by Crippen LogP contribution is 2.23. The Hall–Kier alpha value is -1.93. The van der Waals surface area contributed by atoms with Crippen LogP contribution in [0.3, 0.4) is 0 Å². The molecule has 1 amide bonds. The van der Waals surface area contributed by atoms with Crippen LogP contribution in [0.1, 0.15) is 31.2 Å². The first-order valence-corrected chi connectivity index (χ1v) is 6.75. The third kappa shape index (κ3) is 2.81. The topological polar surface area (TPSA) is 70.1 Å². The van der Waals surface area contributed by atoms with Crippen molar-refractivity contribution in [3.63, 3.8) is 0 Å². The number of carbonyl (C=O) groups excluding carboxylic acids is 1. The Morgan fingerprint density at radius 2 is 2.15 bits per heavy atom. The molecule has 4 nitrogen and oxygen atoms in total. The minimum absolute atomic E-state index is 0.203. The normalized spacial score (nSPS) is 21.3. The van der Waals surface area contributed by atoms with E-state index in [0.29, 0.717) is 13.0 Å². The Labute approximate surface area is 118 Å². The van der Waals surface area contributed by atoms with Crippen molar-refractivity contribution in [1.29, 1.82) is 5.26 Å². The summed E-state index contributed by atoms with van der Waals surface area (Å²) in [5.74, 6) is -0.737. The fourth-order valence-electron chi connectivity index (χ4n) is 2.54. The molecule has 20 heavy (non-hydrogen) atoms. The summed E-state index contributed by atoms with van der Waals surface area (Å²) in [4.78, 5) is 13.9. The standard InChI is InChI=1S/C15H18FN3O/c1-10(11-4-6-12(16)7-5-11)14(18)15(20)19-8-2-3-13(19)9-17/h4-7,10,13-14H,2-3,8,18H2,1H3/t10-,13-,14?/m0/s1. The Bertz CT molecular complexity index is 523. The second kappa shape index (κ2) is 6.02. The summed E-state index contributed by atoms with van der Waals surface area (Å²) in [6, 6.07) is 7.05. The molecular formula is C15H18FN3O. The molecule has 2 rings (SSSR count). The maximum Gasteiger partial charge on any atom is 0.241 e. The minimum Gasteiger partial charge on any atom is -0.325 e. The second-order valence-corrected chi connectivity index (χ2v) is 5.18. The molecule has 0 radical (unpaired) electrons. The number of nitrogens with zero attached hydrogens (tertiary/aromatic N) is 2. The van der Waals surface area contributed by atoms with Gasteiger partial charge in [-0.3, -0.25) is 4.79 Å². The average molecular weight is 275 g/mol. The lowest BCUT2D eigenvalue weighted by atomic mass is 9.93. The van der Waals surface area contributed by atoms with E-state index in [9.17, 15) is 9.18 Å². The van der Waals surface area contributed by atoms with Crippen LogP contribution in [-0.4, -0.2) is 29.4 Å². The van der Waals surface area contributed by atoms with Crippen molar-refractivity contribution in [3.05, 3.63) is 35.6 Å². The lowest BCUT2D eigenvalue weighted by molar-refractivity contribution is -0.133. The van der Waals surface area contributed by atoms with Gasteiger partial charge in [0.05, 0.1) is 12.1 Å². The van der Waals surface area contributed by atoms with E-state index in [1.165, 1.54) is 12.1 Å². The first-order chi connectivity index (χ1) is 9.54. The zero-order valence-electron chi connectivity index (χ0n) is 11.4. The molecule has 0 spiro atoms. The summed E-state index contributed by atoms with van der Waals surface area (Å²) >= 11 is 0. The maximum absolute atomic E-state index is 12.9. The number of hydrogen-bond acceptors (Lipinski definition) is 3. The van der Waals surface area contributed by atoms with Crippen molar-refractivity contribution in [3.8, 4) is 6.07 Å². The Balaban J connectivity index is 2.10. The monoisotopic (exact) mass is 275 g/mol. The molecule has 2 N–H and O–H groups in total. The van der Waals surface area contributed by atoms with Gasteiger partial charge in [-0.25, -0.2) is 4.39 Å². The number of amides is 1. The zero-order valence-corrected chi connectivity index (χ0v) is 11.4. The van der Waals surface area contributed by atoms with Gasteiger partial charge in [-0.1, -0.05) is 19.1 Å². The zero-order chi connectivity index (χ0) is 14.7. The first kappa shape index (κ1) is 14.5. The van der Waals surface area contributed by atoms with Crippen LogP contribution in [0.25, 0.3) is 0 Å². The summed E-state index contributed by atoms with van der Waals surface area (Å²) in [6.45, 7) is 2.42. The molecule has 106 valence electrons. The first-order valence-electron chi connectivity index (χ1n) is 6.75. The molecule has 1 aromatic rings. The van der Waals surface area contributed by atoms with Gasteiger partial charge in [-0.05, 0) is 30.5 Å². The molecule has 0 saturated carbocycles. The smallest absolute Gasteiger partial charge is 0.241 e. The molecule has 1 aliphatic rings. The van der Waals surface area contributed by atoms with E-state index in [2.05, 4.69) is 6.07 Å². The van der Waals surface area contributed by atoms with Crippen LogP contribution in [0.15, 0.2) is 24.3 Å². The van der Waals surface area contributed by atoms with E-state index < -0.39 is 6.04 Å². The second-order valence-electron chi connectivity index (χ2n) is 5.18. The summed E-state index contributed by atoms with van der Waals surface area (Å²) < 4.78 is 12.9. The molecule has 0 aliphatic carbocycles. The predicted molar refractivity (Wildman–Crippen MR) is 73.1 cm³/mol. The summed E-state index contributed by atoms with van der Waals surface area (Å²) in [5.41, 5.74) is 6.85. The largest absolute Gasteiger partial charge is 0.325 e. The highest BCUT2D eigenvalue weighted by Gasteiger charge is 2.34. The number of nitriles is 1. The molecule has 1 fully saturated rings. The molecular weight excluding hydrogens is 257 g/mol. The Morgan fingerprint density at radius 1 is 1.50 bits per heavy atom. The van der Waals surface area contributed by atoms with Crippen molar-refractivity contribution in [2.24, 2.45) is 5.73 Å². The third-order valence-electron chi connectivity index (χ3n) is 3.90. The number of likely N-dealkylation sites (tertiary alicyclic amines) is 1. The molecule has 0 bridgehead atoms. The van der Waals surface area contributed by atoms with Crippen molar-refractivity contribution in [1.82, 2.24) is 4.90 Å². The summed E-state index contributed by atoms with van der Waals surface area (Å²) in [5, 5.41) is 9.03. The lowest BCUT2D eigenvalue weighted by Gasteiger charge is -2.27. The molecule has 1 unspecified atom stereocenters. The quantitative estimate of drug-likeness (QED) is 0.914. The molecule has 1 aromatic carbocycles. The predicted octanol–water partition coefficient (Wildman–Crippen LogP) is 1.77. The van der Waals surface area contributed by atoms with Gasteiger partial charge < -0.3 is 10.6 Å². The van der Waals surface area contributed by atoms with Crippen LogP contribution in [0.5, 0.6) is 0 Å². The van der Waals surface area contributed by atoms with Gasteiger partial charge in [-0.15, -0.1) is 0 Å². The van der Waals surface area contributed by atoms with E-state index >= 15 is 0 Å². The van der Waals surface area contributed by atoms with Crippen molar-refractivity contribution < 1.29 is 9.18 Å². The highest BCUT2D eigenvalue weighted by molar-refractivity contribution is 5.83. The van der Waals surface area contributed by atoms with E-state index in [4.69, 9.17) is 11.0 Å². The minimum atomic E-state index is -0.714. The van der Waals surface area contributed by atoms with E-state index in [1.54, 1.807) is 17.0 Å². The number of halogens is 1. The van der Waals surface area contributed by atoms with Gasteiger partial charge >= 0.3 is 0 Å². The van der Waals surface area contributed by atoms with Crippen molar-refractivity contribution in [2.75, 3.05) is 6.54 Å². The lowest BCUT2D eigenvalue weighted by Crippen LogP contribution is -2.47. The SMILES string of the molecule is C[C@@H](c1ccc(F)cc1)C(N)C(=O)N1CCC[C@H]1C#N. The van der Waals surface area contributed by atoms with Crippen LogP contribution in [0, 0.1) is 17.1 Å². The Kier molecular flexibility index (Phi) is 4.35. The molecule has 5 heteroatoms. The van der Waals surface area contributed by atoms with Crippen LogP contribution in [-0.2, 0) is 4.79 Å². The van der Waals surface area contributed by atoms with Gasteiger partial charge in [-0.2, -0.15) is 5.26 Å². The van der Waals surface area contributed by atoms with Crippen LogP contribution in [0.4, 0.5) is 4.39 Å². The van der Waals surface area contributed by atoms with Crippen molar-refractivity contribution >= 4 is 5.91 Å². The highest BCUT2D eigenvalue weighted by atomic mass is 19.1. The number of rotatable bonds is 3. The summed E-state index contributed by atoms with van der Waals surface area (Å²) in [6.07, 6.45) is 1.54. The van der Waals surface area contributed by atoms with E-state index in [-0.39, 0.29) is 23.7 Å². The van der Waals surface area contributed by atoms with Gasteiger partial charge in [0.2, 0.25) is 5.91 Å². The van der Waals surface area contributed by atoms with Gasteiger partial charge in [0.25, 0.3) is 0 Å². The van der Waals surface area contributed by atoms with Crippen LogP contribution in [0.2, 0.25) is 0 Å². The van der Waals surface area contributed by atoms with E-state index in [1.807, 2.05) is 6.92 Å². The summed E-state index contributed by atoms with van der Waals surface area (Å²) in [7, 11) is 0. The molecule has 3 atom stereocenters. The number of benzene rings is 1. The van der Waals surface area contributed by atoms with E-state index in [0.717, 1.165) is 12.0 Å². The molecule has 1 saturated heterocycles.